The van der Waals surface area contributed by atoms with Crippen LogP contribution < -0.4 is 20.1 Å². The Balaban J connectivity index is 1.63. The van der Waals surface area contributed by atoms with Crippen molar-refractivity contribution >= 4 is 23.2 Å². The molecule has 1 heterocycles. The van der Waals surface area contributed by atoms with Crippen LogP contribution in [0, 0.1) is 0 Å². The molecule has 2 atom stereocenters. The molecule has 6 nitrogen and oxygen atoms in total. The second kappa shape index (κ2) is 7.54. The molecule has 0 aromatic heterocycles. The molecule has 1 aliphatic heterocycles. The van der Waals surface area contributed by atoms with E-state index in [0.717, 1.165) is 0 Å². The van der Waals surface area contributed by atoms with Crippen LogP contribution in [0.3, 0.4) is 0 Å². The number of rotatable bonds is 4. The van der Waals surface area contributed by atoms with E-state index in [9.17, 15) is 9.59 Å². The zero-order valence-corrected chi connectivity index (χ0v) is 16.8. The Morgan fingerprint density at radius 1 is 1.18 bits per heavy atom. The lowest BCUT2D eigenvalue weighted by molar-refractivity contribution is -0.123. The minimum atomic E-state index is -0.678. The largest absolute Gasteiger partial charge is 0.481 e. The highest BCUT2D eigenvalue weighted by atomic mass is 16.5. The second-order valence-corrected chi connectivity index (χ2v) is 7.98. The molecule has 0 radical (unpaired) electrons. The van der Waals surface area contributed by atoms with Gasteiger partial charge in [-0.3, -0.25) is 9.59 Å². The highest BCUT2D eigenvalue weighted by molar-refractivity contribution is 5.99. The molecular formula is C22H26N2O4. The van der Waals surface area contributed by atoms with Gasteiger partial charge in [0.2, 0.25) is 0 Å². The van der Waals surface area contributed by atoms with Crippen molar-refractivity contribution < 1.29 is 19.1 Å². The van der Waals surface area contributed by atoms with Crippen molar-refractivity contribution in [2.75, 3.05) is 10.6 Å². The lowest BCUT2D eigenvalue weighted by Crippen LogP contribution is -2.34. The lowest BCUT2D eigenvalue weighted by Gasteiger charge is -2.24. The average molecular weight is 382 g/mol. The van der Waals surface area contributed by atoms with Crippen molar-refractivity contribution in [3.63, 3.8) is 0 Å². The molecule has 1 aliphatic rings. The molecule has 2 N–H and O–H groups in total. The molecule has 0 saturated heterocycles. The van der Waals surface area contributed by atoms with Crippen LogP contribution in [0.1, 0.15) is 40.2 Å². The monoisotopic (exact) mass is 382 g/mol. The Bertz CT molecular complexity index is 884. The number of carbonyl (C=O) groups excluding carboxylic acids is 2. The molecule has 0 unspecified atom stereocenters. The van der Waals surface area contributed by atoms with Crippen molar-refractivity contribution in [1.82, 2.24) is 0 Å². The number of anilines is 2. The first kappa shape index (κ1) is 19.7. The van der Waals surface area contributed by atoms with Crippen molar-refractivity contribution in [2.24, 2.45) is 0 Å². The lowest BCUT2D eigenvalue weighted by atomic mass is 9.87. The predicted octanol–water partition coefficient (Wildman–Crippen LogP) is 4.11. The van der Waals surface area contributed by atoms with Crippen LogP contribution in [0.15, 0.2) is 42.5 Å². The molecule has 0 spiro atoms. The van der Waals surface area contributed by atoms with Gasteiger partial charge in [0.05, 0.1) is 5.69 Å². The molecule has 0 bridgehead atoms. The van der Waals surface area contributed by atoms with Crippen molar-refractivity contribution in [3.05, 3.63) is 48.0 Å². The van der Waals surface area contributed by atoms with E-state index in [2.05, 4.69) is 31.4 Å². The molecule has 2 aromatic rings. The van der Waals surface area contributed by atoms with Crippen LogP contribution in [0.4, 0.5) is 11.4 Å². The van der Waals surface area contributed by atoms with Gasteiger partial charge in [-0.25, -0.2) is 0 Å². The summed E-state index contributed by atoms with van der Waals surface area (Å²) in [6.07, 6.45) is -1.21. The molecule has 0 fully saturated rings. The fraction of sp³-hybridized carbons (Fsp3) is 0.364. The topological polar surface area (TPSA) is 76.7 Å². The third kappa shape index (κ3) is 4.44. The smallest absolute Gasteiger partial charge is 0.265 e. The van der Waals surface area contributed by atoms with Gasteiger partial charge in [0, 0.05) is 5.69 Å². The molecular weight excluding hydrogens is 356 g/mol. The maximum atomic E-state index is 12.5. The zero-order chi connectivity index (χ0) is 20.5. The number of benzene rings is 2. The quantitative estimate of drug-likeness (QED) is 0.834. The molecule has 28 heavy (non-hydrogen) atoms. The Hall–Kier alpha value is -3.02. The average Bonchev–Trinajstić information content (AvgIpc) is 2.62. The number of amides is 2. The van der Waals surface area contributed by atoms with E-state index in [0.29, 0.717) is 22.9 Å². The van der Waals surface area contributed by atoms with Crippen molar-refractivity contribution in [3.8, 4) is 11.5 Å². The Morgan fingerprint density at radius 3 is 2.50 bits per heavy atom. The highest BCUT2D eigenvalue weighted by Gasteiger charge is 2.24. The molecule has 2 amide bonds. The van der Waals surface area contributed by atoms with Crippen LogP contribution in [-0.4, -0.2) is 24.0 Å². The van der Waals surface area contributed by atoms with Gasteiger partial charge in [0.15, 0.2) is 12.2 Å². The van der Waals surface area contributed by atoms with Crippen LogP contribution in [0.5, 0.6) is 11.5 Å². The summed E-state index contributed by atoms with van der Waals surface area (Å²) in [5.74, 6) is 0.715. The first-order valence-electron chi connectivity index (χ1n) is 9.33. The SMILES string of the molecule is C[C@H](Oc1ccc(C(C)(C)C)cc1)C(=O)Nc1ccc2c(c1)NC(=O)[C@H](C)O2. The summed E-state index contributed by atoms with van der Waals surface area (Å²) < 4.78 is 11.3. The van der Waals surface area contributed by atoms with Crippen LogP contribution >= 0.6 is 0 Å². The number of nitrogens with one attached hydrogen (secondary N) is 2. The summed E-state index contributed by atoms with van der Waals surface area (Å²) in [6.45, 7) is 9.81. The molecule has 148 valence electrons. The molecule has 0 saturated carbocycles. The van der Waals surface area contributed by atoms with Gasteiger partial charge in [-0.2, -0.15) is 0 Å². The van der Waals surface area contributed by atoms with E-state index in [1.165, 1.54) is 5.56 Å². The van der Waals surface area contributed by atoms with E-state index in [1.54, 1.807) is 32.0 Å². The third-order valence-corrected chi connectivity index (χ3v) is 4.58. The van der Waals surface area contributed by atoms with Gasteiger partial charge in [0.1, 0.15) is 11.5 Å². The Labute approximate surface area is 165 Å². The van der Waals surface area contributed by atoms with E-state index < -0.39 is 12.2 Å². The van der Waals surface area contributed by atoms with Gasteiger partial charge in [-0.05, 0) is 55.2 Å². The third-order valence-electron chi connectivity index (χ3n) is 4.58. The Kier molecular flexibility index (Phi) is 5.31. The van der Waals surface area contributed by atoms with Gasteiger partial charge in [0.25, 0.3) is 11.8 Å². The fourth-order valence-corrected chi connectivity index (χ4v) is 2.82. The molecule has 0 aliphatic carbocycles. The summed E-state index contributed by atoms with van der Waals surface area (Å²) in [4.78, 5) is 24.2. The maximum absolute atomic E-state index is 12.5. The van der Waals surface area contributed by atoms with Crippen LogP contribution in [-0.2, 0) is 15.0 Å². The van der Waals surface area contributed by atoms with Gasteiger partial charge in [-0.1, -0.05) is 32.9 Å². The van der Waals surface area contributed by atoms with Crippen LogP contribution in [0.2, 0.25) is 0 Å². The highest BCUT2D eigenvalue weighted by Crippen LogP contribution is 2.32. The second-order valence-electron chi connectivity index (χ2n) is 7.98. The molecule has 6 heteroatoms. The minimum absolute atomic E-state index is 0.0604. The summed E-state index contributed by atoms with van der Waals surface area (Å²) in [5.41, 5.74) is 2.35. The van der Waals surface area contributed by atoms with Crippen molar-refractivity contribution in [1.29, 1.82) is 0 Å². The maximum Gasteiger partial charge on any atom is 0.265 e. The summed E-state index contributed by atoms with van der Waals surface area (Å²) in [7, 11) is 0. The molecule has 2 aromatic carbocycles. The molecule has 3 rings (SSSR count). The number of hydrogen-bond acceptors (Lipinski definition) is 4. The van der Waals surface area contributed by atoms with Gasteiger partial charge in [-0.15, -0.1) is 0 Å². The van der Waals surface area contributed by atoms with Crippen LogP contribution in [0.25, 0.3) is 0 Å². The van der Waals surface area contributed by atoms with Crippen molar-refractivity contribution in [2.45, 2.75) is 52.2 Å². The van der Waals surface area contributed by atoms with Gasteiger partial charge < -0.3 is 20.1 Å². The zero-order valence-electron chi connectivity index (χ0n) is 16.8. The number of carbonyl (C=O) groups is 2. The number of ether oxygens (including phenoxy) is 2. The minimum Gasteiger partial charge on any atom is -0.481 e. The summed E-state index contributed by atoms with van der Waals surface area (Å²) >= 11 is 0. The number of hydrogen-bond donors (Lipinski definition) is 2. The van der Waals surface area contributed by atoms with E-state index in [1.807, 2.05) is 24.3 Å². The van der Waals surface area contributed by atoms with E-state index in [-0.39, 0.29) is 17.2 Å². The normalized spacial score (nSPS) is 17.0. The summed E-state index contributed by atoms with van der Waals surface area (Å²) in [6, 6.07) is 12.9. The van der Waals surface area contributed by atoms with E-state index in [4.69, 9.17) is 9.47 Å². The predicted molar refractivity (Wildman–Crippen MR) is 109 cm³/mol. The Morgan fingerprint density at radius 2 is 1.86 bits per heavy atom. The first-order chi connectivity index (χ1) is 13.1. The fourth-order valence-electron chi connectivity index (χ4n) is 2.82. The van der Waals surface area contributed by atoms with E-state index >= 15 is 0 Å². The first-order valence-corrected chi connectivity index (χ1v) is 9.33. The van der Waals surface area contributed by atoms with Gasteiger partial charge >= 0.3 is 0 Å². The summed E-state index contributed by atoms with van der Waals surface area (Å²) in [5, 5.41) is 5.57. The number of fused-ring (bicyclic) bond motifs is 1. The standard InChI is InChI=1S/C22H26N2O4/c1-13(27-17-9-6-15(7-10-17)22(3,4)5)20(25)23-16-8-11-19-18(12-16)24-21(26)14(2)28-19/h6-14H,1-5H3,(H,23,25)(H,24,26)/t13-,14-/m0/s1.